The van der Waals surface area contributed by atoms with Crippen LogP contribution in [0.5, 0.6) is 0 Å². The molecule has 0 amide bonds. The van der Waals surface area contributed by atoms with Crippen LogP contribution < -0.4 is 0 Å². The molecule has 66 valence electrons. The molecule has 4 heteroatoms. The second-order valence-corrected chi connectivity index (χ2v) is 2.39. The quantitative estimate of drug-likeness (QED) is 0.730. The van der Waals surface area contributed by atoms with E-state index in [-0.39, 0.29) is 12.4 Å². The standard InChI is InChI=1S/C8H9NO2.ClH/c1-5-3-4-9-6(2)7(5)8(10)11;/h3-4H,1-2H3,(H,10,11);1H. The number of pyridine rings is 1. The van der Waals surface area contributed by atoms with E-state index in [0.717, 1.165) is 5.56 Å². The first-order valence-electron chi connectivity index (χ1n) is 3.28. The van der Waals surface area contributed by atoms with Crippen molar-refractivity contribution in [3.05, 3.63) is 29.1 Å². The molecule has 12 heavy (non-hydrogen) atoms. The van der Waals surface area contributed by atoms with E-state index in [1.165, 1.54) is 0 Å². The van der Waals surface area contributed by atoms with Crippen molar-refractivity contribution in [3.63, 3.8) is 0 Å². The van der Waals surface area contributed by atoms with Gasteiger partial charge in [-0.05, 0) is 25.5 Å². The number of aromatic carboxylic acids is 1. The van der Waals surface area contributed by atoms with Gasteiger partial charge in [-0.1, -0.05) is 0 Å². The lowest BCUT2D eigenvalue weighted by Crippen LogP contribution is -2.03. The van der Waals surface area contributed by atoms with Crippen molar-refractivity contribution in [2.75, 3.05) is 0 Å². The number of aromatic nitrogens is 1. The molecule has 1 N–H and O–H groups in total. The highest BCUT2D eigenvalue weighted by atomic mass is 35.5. The van der Waals surface area contributed by atoms with Crippen molar-refractivity contribution < 1.29 is 9.90 Å². The molecule has 0 atom stereocenters. The van der Waals surface area contributed by atoms with Crippen molar-refractivity contribution in [1.29, 1.82) is 0 Å². The summed E-state index contributed by atoms with van der Waals surface area (Å²) in [6, 6.07) is 1.69. The maximum absolute atomic E-state index is 10.6. The summed E-state index contributed by atoms with van der Waals surface area (Å²) in [6.07, 6.45) is 1.61. The van der Waals surface area contributed by atoms with Gasteiger partial charge in [0.2, 0.25) is 0 Å². The van der Waals surface area contributed by atoms with Crippen LogP contribution >= 0.6 is 12.4 Å². The Hall–Kier alpha value is -1.09. The summed E-state index contributed by atoms with van der Waals surface area (Å²) >= 11 is 0. The summed E-state index contributed by atoms with van der Waals surface area (Å²) in [6.45, 7) is 3.45. The van der Waals surface area contributed by atoms with Crippen molar-refractivity contribution in [2.45, 2.75) is 13.8 Å². The molecule has 1 rings (SSSR count). The highest BCUT2D eigenvalue weighted by Gasteiger charge is 2.09. The fourth-order valence-electron chi connectivity index (χ4n) is 1.02. The van der Waals surface area contributed by atoms with E-state index in [1.807, 2.05) is 0 Å². The van der Waals surface area contributed by atoms with E-state index < -0.39 is 5.97 Å². The number of hydrogen-bond acceptors (Lipinski definition) is 2. The Morgan fingerprint density at radius 2 is 2.08 bits per heavy atom. The number of halogens is 1. The number of carbonyl (C=O) groups is 1. The predicted octanol–water partition coefficient (Wildman–Crippen LogP) is 1.82. The molecule has 0 radical (unpaired) electrons. The van der Waals surface area contributed by atoms with Crippen LogP contribution in [-0.4, -0.2) is 16.1 Å². The highest BCUT2D eigenvalue weighted by Crippen LogP contribution is 2.09. The largest absolute Gasteiger partial charge is 0.478 e. The molecule has 0 saturated heterocycles. The van der Waals surface area contributed by atoms with E-state index in [1.54, 1.807) is 26.1 Å². The lowest BCUT2D eigenvalue weighted by Gasteiger charge is -2.01. The normalized spacial score (nSPS) is 8.83. The number of nitrogens with zero attached hydrogens (tertiary/aromatic N) is 1. The summed E-state index contributed by atoms with van der Waals surface area (Å²) in [5, 5.41) is 8.71. The third-order valence-corrected chi connectivity index (χ3v) is 1.56. The van der Waals surface area contributed by atoms with Gasteiger partial charge in [0, 0.05) is 6.20 Å². The maximum Gasteiger partial charge on any atom is 0.337 e. The molecular formula is C8H10ClNO2. The molecule has 0 spiro atoms. The number of hydrogen-bond donors (Lipinski definition) is 1. The molecule has 0 aromatic carbocycles. The number of carboxylic acid groups (broad SMARTS) is 1. The molecule has 0 saturated carbocycles. The van der Waals surface area contributed by atoms with Gasteiger partial charge in [-0.25, -0.2) is 4.79 Å². The molecule has 1 heterocycles. The van der Waals surface area contributed by atoms with Crippen molar-refractivity contribution in [1.82, 2.24) is 4.98 Å². The molecule has 0 aliphatic heterocycles. The minimum atomic E-state index is -0.909. The first-order chi connectivity index (χ1) is 5.13. The second-order valence-electron chi connectivity index (χ2n) is 2.39. The van der Waals surface area contributed by atoms with Crippen LogP contribution in [0.1, 0.15) is 21.6 Å². The first kappa shape index (κ1) is 10.9. The van der Waals surface area contributed by atoms with E-state index in [9.17, 15) is 4.79 Å². The molecule has 0 aliphatic rings. The van der Waals surface area contributed by atoms with Gasteiger partial charge in [0.25, 0.3) is 0 Å². The molecule has 1 aromatic rings. The Bertz CT molecular complexity index is 279. The first-order valence-corrected chi connectivity index (χ1v) is 3.28. The van der Waals surface area contributed by atoms with Gasteiger partial charge in [0.05, 0.1) is 11.3 Å². The zero-order valence-electron chi connectivity index (χ0n) is 6.87. The van der Waals surface area contributed by atoms with Crippen LogP contribution in [0.25, 0.3) is 0 Å². The maximum atomic E-state index is 10.6. The minimum absolute atomic E-state index is 0. The fourth-order valence-corrected chi connectivity index (χ4v) is 1.02. The fraction of sp³-hybridized carbons (Fsp3) is 0.250. The van der Waals surface area contributed by atoms with Gasteiger partial charge in [-0.15, -0.1) is 12.4 Å². The summed E-state index contributed by atoms with van der Waals surface area (Å²) in [7, 11) is 0. The summed E-state index contributed by atoms with van der Waals surface area (Å²) in [5.41, 5.74) is 1.63. The number of carboxylic acids is 1. The van der Waals surface area contributed by atoms with Crippen LogP contribution in [0, 0.1) is 13.8 Å². The predicted molar refractivity (Wildman–Crippen MR) is 47.9 cm³/mol. The Morgan fingerprint density at radius 3 is 2.42 bits per heavy atom. The van der Waals surface area contributed by atoms with E-state index in [0.29, 0.717) is 11.3 Å². The zero-order chi connectivity index (χ0) is 8.43. The Kier molecular flexibility index (Phi) is 3.70. The lowest BCUT2D eigenvalue weighted by molar-refractivity contribution is 0.0695. The van der Waals surface area contributed by atoms with Gasteiger partial charge in [0.15, 0.2) is 0 Å². The molecule has 3 nitrogen and oxygen atoms in total. The Morgan fingerprint density at radius 1 is 1.50 bits per heavy atom. The van der Waals surface area contributed by atoms with Crippen LogP contribution in [0.2, 0.25) is 0 Å². The van der Waals surface area contributed by atoms with Crippen molar-refractivity contribution in [2.24, 2.45) is 0 Å². The smallest absolute Gasteiger partial charge is 0.337 e. The number of rotatable bonds is 1. The third kappa shape index (κ3) is 1.95. The van der Waals surface area contributed by atoms with Gasteiger partial charge in [-0.2, -0.15) is 0 Å². The van der Waals surface area contributed by atoms with Gasteiger partial charge in [-0.3, -0.25) is 4.98 Å². The average Bonchev–Trinajstić information content (AvgIpc) is 1.85. The third-order valence-electron chi connectivity index (χ3n) is 1.56. The lowest BCUT2D eigenvalue weighted by atomic mass is 10.1. The van der Waals surface area contributed by atoms with Crippen molar-refractivity contribution >= 4 is 18.4 Å². The average molecular weight is 188 g/mol. The molecule has 1 aromatic heterocycles. The number of aryl methyl sites for hydroxylation is 2. The molecular weight excluding hydrogens is 178 g/mol. The van der Waals surface area contributed by atoms with E-state index in [4.69, 9.17) is 5.11 Å². The van der Waals surface area contributed by atoms with Crippen LogP contribution in [0.3, 0.4) is 0 Å². The molecule has 0 bridgehead atoms. The van der Waals surface area contributed by atoms with Gasteiger partial charge in [0.1, 0.15) is 0 Å². The van der Waals surface area contributed by atoms with E-state index >= 15 is 0 Å². The monoisotopic (exact) mass is 187 g/mol. The van der Waals surface area contributed by atoms with Gasteiger partial charge >= 0.3 is 5.97 Å². The van der Waals surface area contributed by atoms with E-state index in [2.05, 4.69) is 4.98 Å². The summed E-state index contributed by atoms with van der Waals surface area (Å²) in [5.74, 6) is -0.909. The highest BCUT2D eigenvalue weighted by molar-refractivity contribution is 5.90. The summed E-state index contributed by atoms with van der Waals surface area (Å²) in [4.78, 5) is 14.5. The molecule has 0 fully saturated rings. The van der Waals surface area contributed by atoms with Crippen LogP contribution in [0.15, 0.2) is 12.3 Å². The Balaban J connectivity index is 0.00000121. The van der Waals surface area contributed by atoms with Gasteiger partial charge < -0.3 is 5.11 Å². The SMILES string of the molecule is Cc1ccnc(C)c1C(=O)O.Cl. The van der Waals surface area contributed by atoms with Crippen molar-refractivity contribution in [3.8, 4) is 0 Å². The topological polar surface area (TPSA) is 50.2 Å². The minimum Gasteiger partial charge on any atom is -0.478 e. The molecule has 0 aliphatic carbocycles. The zero-order valence-corrected chi connectivity index (χ0v) is 7.68. The second kappa shape index (κ2) is 4.07. The van der Waals surface area contributed by atoms with Crippen LogP contribution in [-0.2, 0) is 0 Å². The Labute approximate surface area is 76.9 Å². The molecule has 0 unspecified atom stereocenters. The van der Waals surface area contributed by atoms with Crippen LogP contribution in [0.4, 0.5) is 0 Å². The summed E-state index contributed by atoms with van der Waals surface area (Å²) < 4.78 is 0.